The van der Waals surface area contributed by atoms with Gasteiger partial charge in [0.25, 0.3) is 0 Å². The van der Waals surface area contributed by atoms with Crippen LogP contribution in [0, 0.1) is 4.91 Å². The molecule has 2 N–H and O–H groups in total. The van der Waals surface area contributed by atoms with Crippen LogP contribution in [0.15, 0.2) is 30.5 Å². The lowest BCUT2D eigenvalue weighted by Crippen LogP contribution is -2.37. The van der Waals surface area contributed by atoms with Gasteiger partial charge in [-0.1, -0.05) is 40.1 Å². The Bertz CT molecular complexity index is 539. The summed E-state index contributed by atoms with van der Waals surface area (Å²) in [6.07, 6.45) is 3.60. The minimum atomic E-state index is -0.481. The lowest BCUT2D eigenvalue weighted by molar-refractivity contribution is -0.870. The molecule has 0 fully saturated rings. The fraction of sp³-hybridized carbons (Fsp3) is 0.708. The summed E-state index contributed by atoms with van der Waals surface area (Å²) in [6.45, 7) is 13.2. The number of likely N-dealkylation sites (N-methyl/N-ethyl adjacent to an activating group) is 1. The van der Waals surface area contributed by atoms with Crippen LogP contribution in [0.2, 0.25) is 0 Å². The Kier molecular flexibility index (Phi) is 37.6. The number of primary amides is 1. The summed E-state index contributed by atoms with van der Waals surface area (Å²) in [4.78, 5) is 39.7. The number of nitroso groups, excluding NO2 is 1. The number of rotatable bonds is 11. The van der Waals surface area contributed by atoms with Gasteiger partial charge in [-0.3, -0.25) is 9.59 Å². The number of amides is 1. The Morgan fingerprint density at radius 2 is 1.26 bits per heavy atom. The lowest BCUT2D eigenvalue weighted by Gasteiger charge is -2.23. The monoisotopic (exact) mass is 494 g/mol. The van der Waals surface area contributed by atoms with Crippen LogP contribution in [0.1, 0.15) is 41.5 Å². The Morgan fingerprint density at radius 3 is 1.53 bits per heavy atom. The Labute approximate surface area is 208 Å². The van der Waals surface area contributed by atoms with Crippen LogP contribution in [0.4, 0.5) is 0 Å². The summed E-state index contributed by atoms with van der Waals surface area (Å²) >= 11 is 0. The second-order valence-corrected chi connectivity index (χ2v) is 8.38. The number of quaternary nitrogens is 2. The van der Waals surface area contributed by atoms with E-state index in [1.807, 2.05) is 0 Å². The molecule has 0 aliphatic rings. The molecule has 0 spiro atoms. The number of carbonyl (C=O) groups excluding carboxylic acids is 3. The topological polar surface area (TPSA) is 125 Å². The number of hydrogen-bond donors (Lipinski definition) is 1. The number of carbonyl (C=O) groups is 3. The molecule has 0 aliphatic carbocycles. The van der Waals surface area contributed by atoms with Gasteiger partial charge in [-0.2, -0.15) is 4.91 Å². The third-order valence-electron chi connectivity index (χ3n) is 3.03. The average Bonchev–Trinajstić information content (AvgIpc) is 2.70. The van der Waals surface area contributed by atoms with Crippen molar-refractivity contribution in [2.45, 2.75) is 41.5 Å². The summed E-state index contributed by atoms with van der Waals surface area (Å²) in [6, 6.07) is 0. The molecule has 34 heavy (non-hydrogen) atoms. The number of hydrogen-bond acceptors (Lipinski definition) is 7. The molecular weight excluding hydrogens is 440 g/mol. The highest BCUT2D eigenvalue weighted by atomic mass is 16.5. The van der Waals surface area contributed by atoms with Gasteiger partial charge in [-0.25, -0.2) is 4.79 Å². The normalized spacial score (nSPS) is 9.18. The maximum absolute atomic E-state index is 10.7. The van der Waals surface area contributed by atoms with E-state index in [9.17, 15) is 14.4 Å². The zero-order chi connectivity index (χ0) is 26.2. The molecular formula is C24H54N4O6+2. The van der Waals surface area contributed by atoms with Gasteiger partial charge in [-0.05, 0) is 13.0 Å². The summed E-state index contributed by atoms with van der Waals surface area (Å²) in [5, 5.41) is 2.49. The van der Waals surface area contributed by atoms with Crippen LogP contribution >= 0.6 is 0 Å². The molecule has 0 rings (SSSR count). The van der Waals surface area contributed by atoms with E-state index in [0.717, 1.165) is 34.6 Å². The maximum atomic E-state index is 10.7. The van der Waals surface area contributed by atoms with Gasteiger partial charge in [0, 0.05) is 18.9 Å². The molecule has 0 aromatic carbocycles. The van der Waals surface area contributed by atoms with E-state index in [4.69, 9.17) is 14.4 Å². The van der Waals surface area contributed by atoms with E-state index >= 15 is 0 Å². The molecule has 10 heteroatoms. The second kappa shape index (κ2) is 28.4. The molecule has 1 amide bonds. The molecule has 204 valence electrons. The minimum Gasteiger partial charge on any atom is -0.462 e. The highest BCUT2D eigenvalue weighted by Gasteiger charge is 2.07. The van der Waals surface area contributed by atoms with Crippen molar-refractivity contribution in [2.75, 3.05) is 75.1 Å². The molecule has 0 aliphatic heterocycles. The van der Waals surface area contributed by atoms with Gasteiger partial charge in [0.05, 0.1) is 62.0 Å². The van der Waals surface area contributed by atoms with Gasteiger partial charge in [-0.15, -0.1) is 0 Å². The maximum Gasteiger partial charge on any atom is 0.330 e. The molecule has 0 atom stereocenters. The molecule has 0 saturated heterocycles. The smallest absolute Gasteiger partial charge is 0.330 e. The van der Waals surface area contributed by atoms with E-state index in [-0.39, 0.29) is 26.8 Å². The quantitative estimate of drug-likeness (QED) is 0.155. The van der Waals surface area contributed by atoms with Crippen LogP contribution in [-0.2, 0) is 23.9 Å². The third kappa shape index (κ3) is 63.0. The van der Waals surface area contributed by atoms with Crippen molar-refractivity contribution < 1.29 is 32.8 Å². The van der Waals surface area contributed by atoms with E-state index in [2.05, 4.69) is 66.4 Å². The first-order valence-corrected chi connectivity index (χ1v) is 10.4. The summed E-state index contributed by atoms with van der Waals surface area (Å²) in [5.41, 5.74) is 4.53. The molecule has 10 nitrogen and oxygen atoms in total. The predicted molar refractivity (Wildman–Crippen MR) is 142 cm³/mol. The van der Waals surface area contributed by atoms with Crippen molar-refractivity contribution in [1.29, 1.82) is 0 Å². The van der Waals surface area contributed by atoms with Gasteiger partial charge in [0.2, 0.25) is 5.91 Å². The zero-order valence-electron chi connectivity index (χ0n) is 21.4. The Hall–Kier alpha value is -2.59. The predicted octanol–water partition coefficient (Wildman–Crippen LogP) is 3.16. The Morgan fingerprint density at radius 1 is 0.853 bits per heavy atom. The Balaban J connectivity index is -0.0000000821. The molecule has 0 bridgehead atoms. The van der Waals surface area contributed by atoms with Gasteiger partial charge >= 0.3 is 11.9 Å². The van der Waals surface area contributed by atoms with Crippen molar-refractivity contribution >= 4 is 17.8 Å². The van der Waals surface area contributed by atoms with Crippen LogP contribution in [0.25, 0.3) is 0 Å². The van der Waals surface area contributed by atoms with E-state index in [0.29, 0.717) is 26.2 Å². The molecule has 0 aromatic heterocycles. The van der Waals surface area contributed by atoms with Crippen molar-refractivity contribution in [3.05, 3.63) is 30.2 Å². The number of nitrogens with two attached hydrogens (primary N) is 1. The van der Waals surface area contributed by atoms with Crippen LogP contribution in [-0.4, -0.2) is 102 Å². The van der Waals surface area contributed by atoms with Crippen molar-refractivity contribution in [3.8, 4) is 0 Å². The lowest BCUT2D eigenvalue weighted by atomic mass is 10.4. The summed E-state index contributed by atoms with van der Waals surface area (Å²) < 4.78 is 11.5. The largest absolute Gasteiger partial charge is 0.462 e. The number of ether oxygens (including phenoxy) is 2. The fourth-order valence-corrected chi connectivity index (χ4v) is 1.31. The standard InChI is InChI=1S/C9H18NO2.C8H18NO2.C3H5NO.C2H5NO.2CH4/c1-5-9(11)12-8-6-7-10(2,3)4;1-5-8(10)11-7-6-9(2,3)4;1-2-3(4)5;1-2-3-4;;/h5H,1,6-8H2,2-4H3;5-7H2,1-4H3;2H,1H2,(H2,4,5);2H2,1H3;2*1H4/q2*+1;;;;. The van der Waals surface area contributed by atoms with Crippen molar-refractivity contribution in [3.63, 3.8) is 0 Å². The third-order valence-corrected chi connectivity index (χ3v) is 3.03. The molecule has 0 heterocycles. The molecule has 0 aromatic rings. The van der Waals surface area contributed by atoms with E-state index in [1.165, 1.54) is 6.08 Å². The van der Waals surface area contributed by atoms with Gasteiger partial charge < -0.3 is 24.2 Å². The second-order valence-electron chi connectivity index (χ2n) is 8.38. The fourth-order valence-electron chi connectivity index (χ4n) is 1.31. The van der Waals surface area contributed by atoms with Crippen LogP contribution in [0.5, 0.6) is 0 Å². The summed E-state index contributed by atoms with van der Waals surface area (Å²) in [7, 11) is 12.5. The zero-order valence-corrected chi connectivity index (χ0v) is 21.4. The van der Waals surface area contributed by atoms with Crippen LogP contribution < -0.4 is 5.73 Å². The van der Waals surface area contributed by atoms with E-state index < -0.39 is 5.91 Å². The molecule has 0 saturated carbocycles. The number of esters is 2. The highest BCUT2D eigenvalue weighted by Crippen LogP contribution is 1.94. The molecule has 0 radical (unpaired) electrons. The first-order chi connectivity index (χ1) is 14.6. The van der Waals surface area contributed by atoms with Gasteiger partial charge in [0.1, 0.15) is 13.2 Å². The minimum absolute atomic E-state index is 0. The average molecular weight is 495 g/mol. The van der Waals surface area contributed by atoms with Crippen LogP contribution in [0.3, 0.4) is 0 Å². The van der Waals surface area contributed by atoms with E-state index in [1.54, 1.807) is 13.8 Å². The van der Waals surface area contributed by atoms with Gasteiger partial charge in [0.15, 0.2) is 0 Å². The van der Waals surface area contributed by atoms with Crippen molar-refractivity contribution in [1.82, 2.24) is 0 Å². The molecule has 0 unspecified atom stereocenters. The number of nitrogens with zero attached hydrogens (tertiary/aromatic N) is 3. The SMILES string of the molecule is C.C.C=CC(=O)OCCC[N+](C)(C)C.C=CC(N)=O.CCC(=O)OCC[N+](C)(C)C.CCN=O. The summed E-state index contributed by atoms with van der Waals surface area (Å²) in [5.74, 6) is -0.931. The highest BCUT2D eigenvalue weighted by molar-refractivity contribution is 5.85. The first-order valence-electron chi connectivity index (χ1n) is 10.4. The first kappa shape index (κ1) is 45.0. The van der Waals surface area contributed by atoms with Crippen molar-refractivity contribution in [2.24, 2.45) is 10.9 Å².